The molecular weight excluding hydrogens is 286 g/mol. The molecule has 0 saturated carbocycles. The van der Waals surface area contributed by atoms with Crippen LogP contribution in [-0.4, -0.2) is 46.0 Å². The van der Waals surface area contributed by atoms with Gasteiger partial charge in [0.15, 0.2) is 0 Å². The van der Waals surface area contributed by atoms with Crippen molar-refractivity contribution in [1.29, 1.82) is 0 Å². The Hall–Kier alpha value is 0.1000. The van der Waals surface area contributed by atoms with Crippen LogP contribution in [0.2, 0.25) is 0 Å². The third-order valence-corrected chi connectivity index (χ3v) is 1.99. The Balaban J connectivity index is 3.20. The topological polar surface area (TPSA) is 161 Å². The molecule has 0 bridgehead atoms. The minimum Gasteiger partial charge on any atom is -0.303 e. The first-order valence-electron chi connectivity index (χ1n) is 4.02. The van der Waals surface area contributed by atoms with E-state index in [4.69, 9.17) is 19.6 Å². The average molecular weight is 298 g/mol. The fourth-order valence-electron chi connectivity index (χ4n) is 0.482. The van der Waals surface area contributed by atoms with E-state index in [1.54, 1.807) is 0 Å². The molecule has 104 valence electrons. The van der Waals surface area contributed by atoms with Gasteiger partial charge in [0.2, 0.25) is 0 Å². The van der Waals surface area contributed by atoms with Crippen LogP contribution in [0.3, 0.4) is 0 Å². The summed E-state index contributed by atoms with van der Waals surface area (Å²) in [6, 6.07) is 0. The quantitative estimate of drug-likeness (QED) is 0.171. The van der Waals surface area contributed by atoms with Crippen molar-refractivity contribution in [2.75, 3.05) is 26.4 Å². The predicted octanol–water partition coefficient (Wildman–Crippen LogP) is -0.915. The summed E-state index contributed by atoms with van der Waals surface area (Å²) in [4.78, 5) is 41.4. The van der Waals surface area contributed by atoms with E-state index in [9.17, 15) is 9.13 Å². The summed E-state index contributed by atoms with van der Waals surface area (Å²) in [6.45, 7) is -1.48. The Morgan fingerprint density at radius 3 is 1.35 bits per heavy atom. The lowest BCUT2D eigenvalue weighted by atomic mass is 10.8. The van der Waals surface area contributed by atoms with Crippen molar-refractivity contribution in [3.8, 4) is 0 Å². The van der Waals surface area contributed by atoms with Gasteiger partial charge in [0.25, 0.3) is 0 Å². The first kappa shape index (κ1) is 17.1. The zero-order valence-electron chi connectivity index (χ0n) is 8.37. The molecule has 0 aliphatic carbocycles. The number of phosphoric ester groups is 2. The lowest BCUT2D eigenvalue weighted by molar-refractivity contribution is -0.513. The van der Waals surface area contributed by atoms with Gasteiger partial charge in [-0.2, -0.15) is 0 Å². The SMILES string of the molecule is O=P(O)(O)OCCOOOCCOP(=O)(O)O. The van der Waals surface area contributed by atoms with Crippen molar-refractivity contribution in [1.82, 2.24) is 0 Å². The summed E-state index contributed by atoms with van der Waals surface area (Å²) in [7, 11) is -9.07. The van der Waals surface area contributed by atoms with E-state index in [1.807, 2.05) is 0 Å². The summed E-state index contributed by atoms with van der Waals surface area (Å²) >= 11 is 0. The number of hydrogen-bond acceptors (Lipinski definition) is 7. The van der Waals surface area contributed by atoms with E-state index in [-0.39, 0.29) is 13.2 Å². The first-order valence-corrected chi connectivity index (χ1v) is 7.08. The monoisotopic (exact) mass is 298 g/mol. The van der Waals surface area contributed by atoms with Crippen molar-refractivity contribution in [3.05, 3.63) is 0 Å². The van der Waals surface area contributed by atoms with Crippen LogP contribution < -0.4 is 0 Å². The summed E-state index contributed by atoms with van der Waals surface area (Å²) < 4.78 is 28.3. The van der Waals surface area contributed by atoms with Crippen LogP contribution in [-0.2, 0) is 33.0 Å². The molecule has 0 aromatic heterocycles. The van der Waals surface area contributed by atoms with E-state index in [1.165, 1.54) is 0 Å². The Kier molecular flexibility index (Phi) is 8.29. The minimum absolute atomic E-state index is 0.315. The van der Waals surface area contributed by atoms with Crippen LogP contribution in [0.1, 0.15) is 0 Å². The van der Waals surface area contributed by atoms with Gasteiger partial charge in [0.1, 0.15) is 13.2 Å². The summed E-state index contributed by atoms with van der Waals surface area (Å²) in [5.41, 5.74) is 0. The summed E-state index contributed by atoms with van der Waals surface area (Å²) in [6.07, 6.45) is 0. The zero-order valence-corrected chi connectivity index (χ0v) is 10.2. The molecule has 0 aromatic carbocycles. The molecule has 0 fully saturated rings. The fraction of sp³-hybridized carbons (Fsp3) is 1.00. The van der Waals surface area contributed by atoms with Crippen LogP contribution in [0.25, 0.3) is 0 Å². The molecule has 0 unspecified atom stereocenters. The molecule has 0 rings (SSSR count). The lowest BCUT2D eigenvalue weighted by Crippen LogP contribution is -2.07. The van der Waals surface area contributed by atoms with Gasteiger partial charge < -0.3 is 19.6 Å². The summed E-state index contributed by atoms with van der Waals surface area (Å²) in [5, 5.41) is 4.00. The van der Waals surface area contributed by atoms with Crippen molar-refractivity contribution in [2.45, 2.75) is 0 Å². The molecule has 4 N–H and O–H groups in total. The van der Waals surface area contributed by atoms with Crippen molar-refractivity contribution < 1.29 is 52.6 Å². The van der Waals surface area contributed by atoms with E-state index in [0.717, 1.165) is 0 Å². The predicted molar refractivity (Wildman–Crippen MR) is 49.0 cm³/mol. The Bertz CT molecular complexity index is 251. The smallest absolute Gasteiger partial charge is 0.303 e. The molecule has 0 spiro atoms. The van der Waals surface area contributed by atoms with Crippen LogP contribution in [0.15, 0.2) is 0 Å². The lowest BCUT2D eigenvalue weighted by Gasteiger charge is -2.06. The Labute approximate surface area is 95.5 Å². The molecule has 17 heavy (non-hydrogen) atoms. The van der Waals surface area contributed by atoms with Gasteiger partial charge in [-0.3, -0.25) is 9.05 Å². The van der Waals surface area contributed by atoms with Crippen LogP contribution in [0.5, 0.6) is 0 Å². The largest absolute Gasteiger partial charge is 0.469 e. The fourth-order valence-corrected chi connectivity index (χ4v) is 1.11. The van der Waals surface area contributed by atoms with Gasteiger partial charge in [-0.25, -0.2) is 18.9 Å². The molecule has 11 nitrogen and oxygen atoms in total. The maximum Gasteiger partial charge on any atom is 0.469 e. The number of hydrogen-bond donors (Lipinski definition) is 4. The highest BCUT2D eigenvalue weighted by atomic mass is 31.2. The molecule has 0 radical (unpaired) electrons. The van der Waals surface area contributed by atoms with E-state index >= 15 is 0 Å². The van der Waals surface area contributed by atoms with Crippen molar-refractivity contribution in [3.63, 3.8) is 0 Å². The maximum atomic E-state index is 10.2. The Morgan fingerprint density at radius 1 is 0.706 bits per heavy atom. The van der Waals surface area contributed by atoms with Crippen molar-refractivity contribution in [2.24, 2.45) is 0 Å². The van der Waals surface area contributed by atoms with E-state index in [2.05, 4.69) is 23.9 Å². The van der Waals surface area contributed by atoms with E-state index in [0.29, 0.717) is 0 Å². The van der Waals surface area contributed by atoms with Gasteiger partial charge >= 0.3 is 15.6 Å². The molecule has 0 amide bonds. The molecule has 0 atom stereocenters. The van der Waals surface area contributed by atoms with Crippen LogP contribution in [0, 0.1) is 0 Å². The van der Waals surface area contributed by atoms with Gasteiger partial charge in [0.05, 0.1) is 13.2 Å². The molecule has 13 heteroatoms. The molecule has 0 aliphatic rings. The number of phosphoric acid groups is 2. The normalized spacial score (nSPS) is 12.9. The van der Waals surface area contributed by atoms with Gasteiger partial charge in [-0.1, -0.05) is 5.04 Å². The second kappa shape index (κ2) is 8.25. The van der Waals surface area contributed by atoms with Gasteiger partial charge in [-0.05, 0) is 0 Å². The van der Waals surface area contributed by atoms with Crippen LogP contribution in [0.4, 0.5) is 0 Å². The van der Waals surface area contributed by atoms with Gasteiger partial charge in [-0.15, -0.1) is 0 Å². The zero-order chi connectivity index (χ0) is 13.4. The molecule has 0 aliphatic heterocycles. The average Bonchev–Trinajstić information content (AvgIpc) is 2.11. The number of rotatable bonds is 10. The minimum atomic E-state index is -4.53. The highest BCUT2D eigenvalue weighted by Crippen LogP contribution is 2.35. The third kappa shape index (κ3) is 16.1. The molecule has 0 saturated heterocycles. The second-order valence-corrected chi connectivity index (χ2v) is 4.84. The maximum absolute atomic E-state index is 10.2. The van der Waals surface area contributed by atoms with Gasteiger partial charge in [0, 0.05) is 0 Å². The molecular formula is C4H12O11P2. The highest BCUT2D eigenvalue weighted by molar-refractivity contribution is 7.46. The highest BCUT2D eigenvalue weighted by Gasteiger charge is 2.13. The third-order valence-electron chi connectivity index (χ3n) is 0.948. The summed E-state index contributed by atoms with van der Waals surface area (Å²) in [5.74, 6) is 0. The molecule has 0 heterocycles. The Morgan fingerprint density at radius 2 is 1.06 bits per heavy atom. The second-order valence-electron chi connectivity index (χ2n) is 2.36. The van der Waals surface area contributed by atoms with Crippen molar-refractivity contribution >= 4 is 15.6 Å². The van der Waals surface area contributed by atoms with Crippen LogP contribution >= 0.6 is 15.6 Å². The van der Waals surface area contributed by atoms with E-state index < -0.39 is 28.9 Å². The first-order chi connectivity index (χ1) is 7.71. The standard InChI is InChI=1S/C4H12O11P2/c5-16(6,7)13-3-1-11-15-12-2-4-14-17(8,9)10/h1-4H2,(H2,5,6,7)(H2,8,9,10). The molecule has 0 aromatic rings.